The molecule has 0 fully saturated rings. The molecule has 4 N–H and O–H groups in total. The van der Waals surface area contributed by atoms with Crippen LogP contribution in [0.1, 0.15) is 27.7 Å². The summed E-state index contributed by atoms with van der Waals surface area (Å²) >= 11 is 0. The summed E-state index contributed by atoms with van der Waals surface area (Å²) < 4.78 is 25.4. The molecule has 0 aliphatic heterocycles. The van der Waals surface area contributed by atoms with Crippen LogP contribution in [0.4, 0.5) is 0 Å². The molecule has 0 bridgehead atoms. The summed E-state index contributed by atoms with van der Waals surface area (Å²) in [4.78, 5) is 0. The lowest BCUT2D eigenvalue weighted by atomic mass is 10.1. The summed E-state index contributed by atoms with van der Waals surface area (Å²) in [6, 6.07) is 0. The van der Waals surface area contributed by atoms with Crippen molar-refractivity contribution in [3.8, 4) is 0 Å². The lowest BCUT2D eigenvalue weighted by molar-refractivity contribution is 0.532. The monoisotopic (exact) mass is 221 g/mol. The molecular weight excluding hydrogens is 202 g/mol. The van der Waals surface area contributed by atoms with E-state index in [4.69, 9.17) is 11.1 Å². The maximum absolute atomic E-state index is 11.5. The van der Waals surface area contributed by atoms with Gasteiger partial charge in [0.25, 0.3) is 0 Å². The maximum Gasteiger partial charge on any atom is 0.212 e. The minimum atomic E-state index is -3.35. The highest BCUT2D eigenvalue weighted by molar-refractivity contribution is 7.89. The highest BCUT2D eigenvalue weighted by Crippen LogP contribution is 2.06. The van der Waals surface area contributed by atoms with E-state index < -0.39 is 15.6 Å². The van der Waals surface area contributed by atoms with E-state index in [0.29, 0.717) is 0 Å². The molecule has 0 aliphatic rings. The zero-order valence-corrected chi connectivity index (χ0v) is 9.90. The third-order valence-electron chi connectivity index (χ3n) is 1.64. The molecule has 0 saturated heterocycles. The Labute approximate surface area is 85.6 Å². The Hall–Kier alpha value is -0.620. The SMILES string of the molecule is CC(C)CS(=O)(=O)NC(C)(C)C(=N)N. The second-order valence-corrected chi connectivity index (χ2v) is 6.08. The zero-order chi connectivity index (χ0) is 11.6. The van der Waals surface area contributed by atoms with E-state index in [-0.39, 0.29) is 17.5 Å². The van der Waals surface area contributed by atoms with Crippen LogP contribution in [-0.2, 0) is 10.0 Å². The van der Waals surface area contributed by atoms with Gasteiger partial charge in [0.05, 0.1) is 11.3 Å². The van der Waals surface area contributed by atoms with Gasteiger partial charge in [-0.05, 0) is 19.8 Å². The van der Waals surface area contributed by atoms with Crippen molar-refractivity contribution in [2.45, 2.75) is 33.2 Å². The van der Waals surface area contributed by atoms with Crippen molar-refractivity contribution >= 4 is 15.9 Å². The van der Waals surface area contributed by atoms with E-state index in [9.17, 15) is 8.42 Å². The van der Waals surface area contributed by atoms with Crippen LogP contribution in [0.2, 0.25) is 0 Å². The Kier molecular flexibility index (Phi) is 4.08. The molecule has 5 nitrogen and oxygen atoms in total. The molecule has 0 unspecified atom stereocenters. The van der Waals surface area contributed by atoms with Crippen molar-refractivity contribution in [3.63, 3.8) is 0 Å². The Bertz CT molecular complexity index is 307. The number of hydrogen-bond donors (Lipinski definition) is 3. The number of nitrogens with two attached hydrogens (primary N) is 1. The lowest BCUT2D eigenvalue weighted by Gasteiger charge is -2.24. The summed E-state index contributed by atoms with van der Waals surface area (Å²) in [6.07, 6.45) is 0. The smallest absolute Gasteiger partial charge is 0.212 e. The molecule has 0 amide bonds. The van der Waals surface area contributed by atoms with Crippen molar-refractivity contribution in [3.05, 3.63) is 0 Å². The van der Waals surface area contributed by atoms with Gasteiger partial charge in [-0.2, -0.15) is 0 Å². The van der Waals surface area contributed by atoms with E-state index in [1.807, 2.05) is 13.8 Å². The van der Waals surface area contributed by atoms with Crippen LogP contribution < -0.4 is 10.5 Å². The number of rotatable bonds is 5. The molecule has 0 atom stereocenters. The Morgan fingerprint density at radius 2 is 1.93 bits per heavy atom. The fourth-order valence-corrected chi connectivity index (χ4v) is 2.77. The fourth-order valence-electron chi connectivity index (χ4n) is 0.924. The third kappa shape index (κ3) is 4.57. The van der Waals surface area contributed by atoms with Crippen molar-refractivity contribution in [1.29, 1.82) is 5.41 Å². The van der Waals surface area contributed by atoms with E-state index in [0.717, 1.165) is 0 Å². The first-order chi connectivity index (χ1) is 6.07. The molecule has 0 radical (unpaired) electrons. The van der Waals surface area contributed by atoms with Gasteiger partial charge >= 0.3 is 0 Å². The standard InChI is InChI=1S/C8H19N3O2S/c1-6(2)5-14(12,13)11-8(3,4)7(9)10/h6,11H,5H2,1-4H3,(H3,9,10). The quantitative estimate of drug-likeness (QED) is 0.459. The molecule has 0 aliphatic carbocycles. The molecule has 0 rings (SSSR count). The van der Waals surface area contributed by atoms with Crippen LogP contribution in [0.15, 0.2) is 0 Å². The summed E-state index contributed by atoms with van der Waals surface area (Å²) in [5.41, 5.74) is 4.26. The minimum absolute atomic E-state index is 0.0453. The predicted octanol–water partition coefficient (Wildman–Crippen LogP) is 0.276. The summed E-state index contributed by atoms with van der Waals surface area (Å²) in [6.45, 7) is 6.76. The molecule has 0 aromatic carbocycles. The maximum atomic E-state index is 11.5. The van der Waals surface area contributed by atoms with Crippen LogP contribution in [0.5, 0.6) is 0 Å². The largest absolute Gasteiger partial charge is 0.386 e. The van der Waals surface area contributed by atoms with E-state index in [1.165, 1.54) is 0 Å². The lowest BCUT2D eigenvalue weighted by Crippen LogP contribution is -2.53. The molecule has 14 heavy (non-hydrogen) atoms. The molecule has 0 spiro atoms. The Balaban J connectivity index is 4.60. The second-order valence-electron chi connectivity index (χ2n) is 4.32. The topological polar surface area (TPSA) is 96.0 Å². The predicted molar refractivity (Wildman–Crippen MR) is 57.8 cm³/mol. The van der Waals surface area contributed by atoms with Crippen LogP contribution in [0.25, 0.3) is 0 Å². The number of hydrogen-bond acceptors (Lipinski definition) is 3. The van der Waals surface area contributed by atoms with Crippen LogP contribution >= 0.6 is 0 Å². The van der Waals surface area contributed by atoms with Gasteiger partial charge in [-0.3, -0.25) is 5.41 Å². The summed E-state index contributed by atoms with van der Waals surface area (Å²) in [5, 5.41) is 7.21. The van der Waals surface area contributed by atoms with Crippen LogP contribution in [0.3, 0.4) is 0 Å². The van der Waals surface area contributed by atoms with Gasteiger partial charge in [-0.15, -0.1) is 0 Å². The van der Waals surface area contributed by atoms with E-state index in [1.54, 1.807) is 13.8 Å². The Morgan fingerprint density at radius 3 is 2.21 bits per heavy atom. The first-order valence-corrected chi connectivity index (χ1v) is 6.08. The second kappa shape index (κ2) is 4.27. The molecular formula is C8H19N3O2S. The van der Waals surface area contributed by atoms with Gasteiger partial charge in [0.15, 0.2) is 0 Å². The van der Waals surface area contributed by atoms with Crippen molar-refractivity contribution < 1.29 is 8.42 Å². The average molecular weight is 221 g/mol. The molecule has 0 saturated carbocycles. The van der Waals surface area contributed by atoms with Gasteiger partial charge in [-0.25, -0.2) is 13.1 Å². The molecule has 6 heteroatoms. The van der Waals surface area contributed by atoms with Crippen LogP contribution in [-0.4, -0.2) is 25.5 Å². The van der Waals surface area contributed by atoms with Crippen LogP contribution in [0, 0.1) is 11.3 Å². The minimum Gasteiger partial charge on any atom is -0.386 e. The highest BCUT2D eigenvalue weighted by atomic mass is 32.2. The van der Waals surface area contributed by atoms with Gasteiger partial charge in [-0.1, -0.05) is 13.8 Å². The van der Waals surface area contributed by atoms with Crippen molar-refractivity contribution in [2.75, 3.05) is 5.75 Å². The highest BCUT2D eigenvalue weighted by Gasteiger charge is 2.27. The van der Waals surface area contributed by atoms with E-state index >= 15 is 0 Å². The first kappa shape index (κ1) is 13.4. The van der Waals surface area contributed by atoms with E-state index in [2.05, 4.69) is 4.72 Å². The van der Waals surface area contributed by atoms with Gasteiger partial charge in [0.2, 0.25) is 10.0 Å². The van der Waals surface area contributed by atoms with Gasteiger partial charge in [0.1, 0.15) is 5.84 Å². The Morgan fingerprint density at radius 1 is 1.50 bits per heavy atom. The first-order valence-electron chi connectivity index (χ1n) is 4.43. The van der Waals surface area contributed by atoms with Crippen molar-refractivity contribution in [2.24, 2.45) is 11.7 Å². The molecule has 84 valence electrons. The summed E-state index contributed by atoms with van der Waals surface area (Å²) in [7, 11) is -3.35. The summed E-state index contributed by atoms with van der Waals surface area (Å²) in [5.74, 6) is -0.0935. The third-order valence-corrected chi connectivity index (χ3v) is 3.56. The van der Waals surface area contributed by atoms with Gasteiger partial charge in [0, 0.05) is 0 Å². The molecule has 0 heterocycles. The number of sulfonamides is 1. The normalized spacial score (nSPS) is 13.2. The zero-order valence-electron chi connectivity index (χ0n) is 9.09. The van der Waals surface area contributed by atoms with Crippen molar-refractivity contribution in [1.82, 2.24) is 4.72 Å². The van der Waals surface area contributed by atoms with Gasteiger partial charge < -0.3 is 5.73 Å². The number of amidine groups is 1. The molecule has 0 aromatic heterocycles. The molecule has 0 aromatic rings. The number of nitrogens with one attached hydrogen (secondary N) is 2. The fraction of sp³-hybridized carbons (Fsp3) is 0.875. The average Bonchev–Trinajstić information content (AvgIpc) is 1.79.